The first-order chi connectivity index (χ1) is 18.4. The largest absolute Gasteiger partial charge is 0.496 e. The number of furan rings is 1. The molecule has 2 saturated heterocycles. The van der Waals surface area contributed by atoms with Gasteiger partial charge in [0.05, 0.1) is 30.0 Å². The smallest absolute Gasteiger partial charge is 0.254 e. The maximum Gasteiger partial charge on any atom is 0.254 e. The van der Waals surface area contributed by atoms with E-state index in [1.54, 1.807) is 36.4 Å². The molecular weight excluding hydrogens is 480 g/mol. The zero-order valence-corrected chi connectivity index (χ0v) is 21.3. The van der Waals surface area contributed by atoms with Gasteiger partial charge in [-0.3, -0.25) is 9.78 Å². The highest BCUT2D eigenvalue weighted by molar-refractivity contribution is 5.97. The number of rotatable bonds is 5. The summed E-state index contributed by atoms with van der Waals surface area (Å²) in [5, 5.41) is 19.4. The number of likely N-dealkylation sites (tertiary alicyclic amines) is 1. The number of hydrogen-bond acceptors (Lipinski definition) is 7. The molecule has 4 aromatic rings. The number of anilines is 1. The van der Waals surface area contributed by atoms with E-state index in [-0.39, 0.29) is 5.91 Å². The summed E-state index contributed by atoms with van der Waals surface area (Å²) in [6.45, 7) is 4.84. The number of nitriles is 1. The maximum absolute atomic E-state index is 12.7. The van der Waals surface area contributed by atoms with Gasteiger partial charge in [-0.05, 0) is 54.3 Å². The zero-order valence-electron chi connectivity index (χ0n) is 21.3. The van der Waals surface area contributed by atoms with Crippen LogP contribution in [-0.2, 0) is 0 Å². The lowest BCUT2D eigenvalue weighted by atomic mass is 10.0. The summed E-state index contributed by atoms with van der Waals surface area (Å²) in [5.74, 6) is 1.55. The third-order valence-electron chi connectivity index (χ3n) is 7.47. The van der Waals surface area contributed by atoms with Gasteiger partial charge in [-0.1, -0.05) is 13.0 Å². The lowest BCUT2D eigenvalue weighted by molar-refractivity contribution is 0.00588. The number of aliphatic hydroxyl groups is 1. The summed E-state index contributed by atoms with van der Waals surface area (Å²) in [5.41, 5.74) is 5.84. The second-order valence-electron chi connectivity index (χ2n) is 10.1. The van der Waals surface area contributed by atoms with Crippen molar-refractivity contribution in [2.75, 3.05) is 38.2 Å². The second-order valence-corrected chi connectivity index (χ2v) is 10.1. The third-order valence-corrected chi connectivity index (χ3v) is 7.47. The van der Waals surface area contributed by atoms with Gasteiger partial charge in [0.15, 0.2) is 5.58 Å². The number of benzene rings is 2. The van der Waals surface area contributed by atoms with E-state index in [1.165, 1.54) is 0 Å². The first-order valence-electron chi connectivity index (χ1n) is 12.8. The number of aliphatic hydroxyl groups excluding tert-OH is 1. The van der Waals surface area contributed by atoms with Crippen LogP contribution in [0.15, 0.2) is 59.1 Å². The molecule has 0 radical (unpaired) electrons. The topological polar surface area (TPSA) is 103 Å². The Labute approximate surface area is 220 Å². The highest BCUT2D eigenvalue weighted by Crippen LogP contribution is 2.39. The van der Waals surface area contributed by atoms with E-state index in [0.717, 1.165) is 36.3 Å². The number of pyridine rings is 1. The Bertz CT molecular complexity index is 1580. The van der Waals surface area contributed by atoms with Gasteiger partial charge in [-0.25, -0.2) is 0 Å². The van der Waals surface area contributed by atoms with Crippen molar-refractivity contribution >= 4 is 22.7 Å². The van der Waals surface area contributed by atoms with Crippen molar-refractivity contribution in [2.24, 2.45) is 5.92 Å². The fourth-order valence-electron chi connectivity index (χ4n) is 5.35. The van der Waals surface area contributed by atoms with Crippen molar-refractivity contribution in [3.63, 3.8) is 0 Å². The van der Waals surface area contributed by atoms with Crippen LogP contribution in [-0.4, -0.2) is 60.3 Å². The number of amides is 1. The number of hydrogen-bond donors (Lipinski definition) is 1. The molecule has 2 aliphatic heterocycles. The summed E-state index contributed by atoms with van der Waals surface area (Å²) in [4.78, 5) is 21.1. The van der Waals surface area contributed by atoms with Crippen LogP contribution in [0.3, 0.4) is 0 Å². The average Bonchev–Trinajstić information content (AvgIpc) is 3.56. The fourth-order valence-corrected chi connectivity index (χ4v) is 5.35. The Hall–Kier alpha value is -4.35. The van der Waals surface area contributed by atoms with Gasteiger partial charge in [0, 0.05) is 49.6 Å². The Balaban J connectivity index is 1.35. The molecule has 1 amide bonds. The number of β-amino-alcohol motifs (C(OH)–C–C–N with tert-alkyl or cyclic N) is 1. The van der Waals surface area contributed by atoms with E-state index >= 15 is 0 Å². The standard InChI is InChI=1S/C30H28N4O4/c1-18-8-10-33(15-18)26-6-4-19(11-21(26)14-31)23-7-9-32-25-13-28(38-29(23)25)24-5-3-20(12-27(24)37-2)30(36)34-16-22(35)17-34/h3-7,9,11-13,18,22,35H,8,10,15-17H2,1-2H3/t18-/m1/s1. The predicted octanol–water partition coefficient (Wildman–Crippen LogP) is 4.70. The molecule has 1 N–H and O–H groups in total. The minimum absolute atomic E-state index is 0.145. The second kappa shape index (κ2) is 9.51. The Morgan fingerprint density at radius 3 is 2.68 bits per heavy atom. The Kier molecular flexibility index (Phi) is 6.01. The molecule has 2 aliphatic rings. The fraction of sp³-hybridized carbons (Fsp3) is 0.300. The number of methoxy groups -OCH3 is 1. The number of nitrogens with zero attached hydrogens (tertiary/aromatic N) is 4. The van der Waals surface area contributed by atoms with Crippen molar-refractivity contribution in [3.05, 3.63) is 65.9 Å². The monoisotopic (exact) mass is 508 g/mol. The molecule has 4 heterocycles. The van der Waals surface area contributed by atoms with Gasteiger partial charge in [0.2, 0.25) is 0 Å². The summed E-state index contributed by atoms with van der Waals surface area (Å²) in [7, 11) is 1.55. The lowest BCUT2D eigenvalue weighted by Crippen LogP contribution is -2.53. The number of carbonyl (C=O) groups excluding carboxylic acids is 1. The SMILES string of the molecule is COc1cc(C(=O)N2CC(O)C2)ccc1-c1cc2nccc(-c3ccc(N4CC[C@@H](C)C4)c(C#N)c3)c2o1. The van der Waals surface area contributed by atoms with Crippen molar-refractivity contribution in [1.82, 2.24) is 9.88 Å². The van der Waals surface area contributed by atoms with Crippen molar-refractivity contribution in [1.29, 1.82) is 5.26 Å². The molecule has 2 aromatic carbocycles. The first-order valence-corrected chi connectivity index (χ1v) is 12.8. The van der Waals surface area contributed by atoms with Crippen LogP contribution < -0.4 is 9.64 Å². The van der Waals surface area contributed by atoms with E-state index in [4.69, 9.17) is 9.15 Å². The molecule has 1 atom stereocenters. The summed E-state index contributed by atoms with van der Waals surface area (Å²) in [6.07, 6.45) is 2.41. The normalized spacial score (nSPS) is 17.5. The van der Waals surface area contributed by atoms with E-state index in [0.29, 0.717) is 58.3 Å². The molecule has 0 saturated carbocycles. The average molecular weight is 509 g/mol. The zero-order chi connectivity index (χ0) is 26.4. The number of ether oxygens (including phenoxy) is 1. The third kappa shape index (κ3) is 4.15. The van der Waals surface area contributed by atoms with Crippen LogP contribution >= 0.6 is 0 Å². The maximum atomic E-state index is 12.7. The summed E-state index contributed by atoms with van der Waals surface area (Å²) in [6, 6.07) is 17.3. The molecule has 192 valence electrons. The number of carbonyl (C=O) groups is 1. The summed E-state index contributed by atoms with van der Waals surface area (Å²) >= 11 is 0. The van der Waals surface area contributed by atoms with Crippen LogP contribution in [0.4, 0.5) is 5.69 Å². The van der Waals surface area contributed by atoms with Crippen molar-refractivity contribution in [2.45, 2.75) is 19.4 Å². The molecular formula is C30H28N4O4. The highest BCUT2D eigenvalue weighted by atomic mass is 16.5. The van der Waals surface area contributed by atoms with Crippen LogP contribution in [0, 0.1) is 17.2 Å². The first kappa shape index (κ1) is 24.0. The van der Waals surface area contributed by atoms with E-state index < -0.39 is 6.10 Å². The molecule has 0 bridgehead atoms. The molecule has 8 heteroatoms. The van der Waals surface area contributed by atoms with Gasteiger partial charge in [0.25, 0.3) is 5.91 Å². The van der Waals surface area contributed by atoms with Gasteiger partial charge >= 0.3 is 0 Å². The van der Waals surface area contributed by atoms with Gasteiger partial charge in [-0.15, -0.1) is 0 Å². The molecule has 38 heavy (non-hydrogen) atoms. The lowest BCUT2D eigenvalue weighted by Gasteiger charge is -2.35. The molecule has 0 unspecified atom stereocenters. The molecule has 0 aliphatic carbocycles. The molecule has 6 rings (SSSR count). The molecule has 0 spiro atoms. The van der Waals surface area contributed by atoms with Crippen molar-refractivity contribution in [3.8, 4) is 34.3 Å². The quantitative estimate of drug-likeness (QED) is 0.417. The minimum atomic E-state index is -0.457. The van der Waals surface area contributed by atoms with Crippen LogP contribution in [0.5, 0.6) is 5.75 Å². The Morgan fingerprint density at radius 1 is 1.13 bits per heavy atom. The predicted molar refractivity (Wildman–Crippen MR) is 144 cm³/mol. The van der Waals surface area contributed by atoms with Crippen LogP contribution in [0.2, 0.25) is 0 Å². The highest BCUT2D eigenvalue weighted by Gasteiger charge is 2.30. The Morgan fingerprint density at radius 2 is 1.97 bits per heavy atom. The van der Waals surface area contributed by atoms with Crippen LogP contribution in [0.1, 0.15) is 29.3 Å². The van der Waals surface area contributed by atoms with E-state index in [9.17, 15) is 15.2 Å². The van der Waals surface area contributed by atoms with E-state index in [2.05, 4.69) is 22.9 Å². The van der Waals surface area contributed by atoms with E-state index in [1.807, 2.05) is 30.3 Å². The van der Waals surface area contributed by atoms with Gasteiger partial charge in [0.1, 0.15) is 23.1 Å². The van der Waals surface area contributed by atoms with Crippen LogP contribution in [0.25, 0.3) is 33.6 Å². The summed E-state index contributed by atoms with van der Waals surface area (Å²) < 4.78 is 11.9. The van der Waals surface area contributed by atoms with Crippen molar-refractivity contribution < 1.29 is 19.1 Å². The molecule has 2 fully saturated rings. The number of fused-ring (bicyclic) bond motifs is 1. The molecule has 8 nitrogen and oxygen atoms in total. The molecule has 2 aromatic heterocycles. The van der Waals surface area contributed by atoms with Gasteiger partial charge < -0.3 is 24.1 Å². The number of aromatic nitrogens is 1. The minimum Gasteiger partial charge on any atom is -0.496 e. The van der Waals surface area contributed by atoms with Gasteiger partial charge in [-0.2, -0.15) is 5.26 Å².